The number of fused-ring (bicyclic) bond motifs is 1. The predicted molar refractivity (Wildman–Crippen MR) is 79.4 cm³/mol. The normalized spacial score (nSPS) is 19.8. The van der Waals surface area contributed by atoms with Crippen molar-refractivity contribution in [3.8, 4) is 23.0 Å². The van der Waals surface area contributed by atoms with Crippen molar-refractivity contribution in [1.82, 2.24) is 0 Å². The summed E-state index contributed by atoms with van der Waals surface area (Å²) in [5.41, 5.74) is 1.98. The molecule has 0 saturated carbocycles. The number of rotatable bonds is 3. The van der Waals surface area contributed by atoms with Gasteiger partial charge in [0.1, 0.15) is 17.6 Å². The second-order valence-corrected chi connectivity index (χ2v) is 5.13. The van der Waals surface area contributed by atoms with Crippen molar-refractivity contribution in [3.63, 3.8) is 0 Å². The lowest BCUT2D eigenvalue weighted by atomic mass is 9.92. The zero-order valence-corrected chi connectivity index (χ0v) is 12.3. The van der Waals surface area contributed by atoms with Crippen molar-refractivity contribution < 1.29 is 19.3 Å². The molecule has 0 radical (unpaired) electrons. The Morgan fingerprint density at radius 3 is 2.43 bits per heavy atom. The molecule has 0 saturated heterocycles. The van der Waals surface area contributed by atoms with Crippen LogP contribution in [0.5, 0.6) is 23.0 Å². The van der Waals surface area contributed by atoms with Gasteiger partial charge in [0, 0.05) is 23.1 Å². The molecule has 1 heterocycles. The summed E-state index contributed by atoms with van der Waals surface area (Å²) in [4.78, 5) is 0. The monoisotopic (exact) mass is 286 g/mol. The van der Waals surface area contributed by atoms with Gasteiger partial charge in [0.25, 0.3) is 0 Å². The highest BCUT2D eigenvalue weighted by Gasteiger charge is 2.35. The third-order valence-corrected chi connectivity index (χ3v) is 3.96. The van der Waals surface area contributed by atoms with E-state index in [0.717, 1.165) is 22.6 Å². The van der Waals surface area contributed by atoms with Crippen molar-refractivity contribution in [2.75, 3.05) is 14.2 Å². The Labute approximate surface area is 123 Å². The van der Waals surface area contributed by atoms with Crippen LogP contribution in [0.25, 0.3) is 0 Å². The Balaban J connectivity index is 2.02. The Bertz CT molecular complexity index is 666. The van der Waals surface area contributed by atoms with Gasteiger partial charge in [0.05, 0.1) is 14.2 Å². The minimum Gasteiger partial charge on any atom is -0.504 e. The number of aromatic hydroxyl groups is 1. The first-order valence-corrected chi connectivity index (χ1v) is 6.86. The third kappa shape index (κ3) is 2.17. The van der Waals surface area contributed by atoms with Crippen molar-refractivity contribution in [3.05, 3.63) is 47.5 Å². The standard InChI is InChI=1S/C17H18O4/c1-10-12-8-13(18)16(20-3)9-15(12)21-17(10)11-6-4-5-7-14(11)19-2/h4-10,17-18H,1-3H3/t10-,17-/m1/s1. The summed E-state index contributed by atoms with van der Waals surface area (Å²) in [5.74, 6) is 2.22. The topological polar surface area (TPSA) is 47.9 Å². The average Bonchev–Trinajstić information content (AvgIpc) is 2.83. The molecule has 0 fully saturated rings. The largest absolute Gasteiger partial charge is 0.504 e. The fourth-order valence-corrected chi connectivity index (χ4v) is 2.82. The number of methoxy groups -OCH3 is 2. The number of benzene rings is 2. The zero-order chi connectivity index (χ0) is 15.0. The van der Waals surface area contributed by atoms with E-state index in [0.29, 0.717) is 5.75 Å². The molecular weight excluding hydrogens is 268 g/mol. The first-order valence-electron chi connectivity index (χ1n) is 6.86. The highest BCUT2D eigenvalue weighted by molar-refractivity contribution is 5.54. The van der Waals surface area contributed by atoms with Gasteiger partial charge in [-0.05, 0) is 12.1 Å². The maximum absolute atomic E-state index is 9.94. The summed E-state index contributed by atoms with van der Waals surface area (Å²) in [6.07, 6.45) is -0.136. The second kappa shape index (κ2) is 5.20. The summed E-state index contributed by atoms with van der Waals surface area (Å²) in [7, 11) is 3.18. The smallest absolute Gasteiger partial charge is 0.164 e. The molecule has 2 atom stereocenters. The molecule has 0 amide bonds. The highest BCUT2D eigenvalue weighted by atomic mass is 16.5. The zero-order valence-electron chi connectivity index (χ0n) is 12.3. The van der Waals surface area contributed by atoms with E-state index < -0.39 is 0 Å². The van der Waals surface area contributed by atoms with Gasteiger partial charge in [-0.15, -0.1) is 0 Å². The van der Waals surface area contributed by atoms with Gasteiger partial charge >= 0.3 is 0 Å². The first-order chi connectivity index (χ1) is 10.2. The van der Waals surface area contributed by atoms with Crippen LogP contribution < -0.4 is 14.2 Å². The van der Waals surface area contributed by atoms with Gasteiger partial charge < -0.3 is 19.3 Å². The molecule has 4 nitrogen and oxygen atoms in total. The van der Waals surface area contributed by atoms with E-state index in [4.69, 9.17) is 14.2 Å². The molecule has 1 aliphatic heterocycles. The number of hydrogen-bond donors (Lipinski definition) is 1. The Morgan fingerprint density at radius 2 is 1.71 bits per heavy atom. The molecule has 0 spiro atoms. The van der Waals surface area contributed by atoms with E-state index in [9.17, 15) is 5.11 Å². The fourth-order valence-electron chi connectivity index (χ4n) is 2.82. The molecule has 1 aliphatic rings. The van der Waals surface area contributed by atoms with Crippen LogP contribution >= 0.6 is 0 Å². The van der Waals surface area contributed by atoms with Gasteiger partial charge in [0.15, 0.2) is 11.5 Å². The summed E-state index contributed by atoms with van der Waals surface area (Å²) >= 11 is 0. The fraction of sp³-hybridized carbons (Fsp3) is 0.294. The van der Waals surface area contributed by atoms with Gasteiger partial charge in [-0.3, -0.25) is 0 Å². The molecular formula is C17H18O4. The minimum absolute atomic E-state index is 0.119. The van der Waals surface area contributed by atoms with Crippen LogP contribution in [0.15, 0.2) is 36.4 Å². The van der Waals surface area contributed by atoms with Crippen LogP contribution in [-0.2, 0) is 0 Å². The third-order valence-electron chi connectivity index (χ3n) is 3.96. The molecule has 0 aliphatic carbocycles. The summed E-state index contributed by atoms with van der Waals surface area (Å²) in [5, 5.41) is 9.94. The molecule has 0 unspecified atom stereocenters. The summed E-state index contributed by atoms with van der Waals surface area (Å²) < 4.78 is 16.6. The molecule has 1 N–H and O–H groups in total. The lowest BCUT2D eigenvalue weighted by Gasteiger charge is -2.18. The molecule has 3 rings (SSSR count). The summed E-state index contributed by atoms with van der Waals surface area (Å²) in [6.45, 7) is 2.08. The molecule has 21 heavy (non-hydrogen) atoms. The van der Waals surface area contributed by atoms with Gasteiger partial charge in [-0.25, -0.2) is 0 Å². The second-order valence-electron chi connectivity index (χ2n) is 5.13. The number of para-hydroxylation sites is 1. The molecule has 2 aromatic rings. The van der Waals surface area contributed by atoms with Gasteiger partial charge in [-0.1, -0.05) is 25.1 Å². The van der Waals surface area contributed by atoms with Crippen molar-refractivity contribution in [1.29, 1.82) is 0 Å². The van der Waals surface area contributed by atoms with E-state index in [2.05, 4.69) is 6.92 Å². The van der Waals surface area contributed by atoms with Crippen LogP contribution in [-0.4, -0.2) is 19.3 Å². The molecule has 0 aromatic heterocycles. The number of ether oxygens (including phenoxy) is 3. The van der Waals surface area contributed by atoms with Crippen LogP contribution in [0.2, 0.25) is 0 Å². The quantitative estimate of drug-likeness (QED) is 0.935. The molecule has 4 heteroatoms. The average molecular weight is 286 g/mol. The molecule has 110 valence electrons. The van der Waals surface area contributed by atoms with Crippen LogP contribution in [0.3, 0.4) is 0 Å². The molecule has 0 bridgehead atoms. The van der Waals surface area contributed by atoms with E-state index in [1.807, 2.05) is 24.3 Å². The van der Waals surface area contributed by atoms with Crippen LogP contribution in [0.4, 0.5) is 0 Å². The number of hydrogen-bond acceptors (Lipinski definition) is 4. The lowest BCUT2D eigenvalue weighted by molar-refractivity contribution is 0.209. The van der Waals surface area contributed by atoms with Crippen LogP contribution in [0, 0.1) is 0 Å². The maximum atomic E-state index is 9.94. The van der Waals surface area contributed by atoms with E-state index >= 15 is 0 Å². The Morgan fingerprint density at radius 1 is 1.00 bits per heavy atom. The number of phenolic OH excluding ortho intramolecular Hbond substituents is 1. The van der Waals surface area contributed by atoms with Gasteiger partial charge in [0.2, 0.25) is 0 Å². The Hall–Kier alpha value is -2.36. The highest BCUT2D eigenvalue weighted by Crippen LogP contribution is 2.50. The van der Waals surface area contributed by atoms with Crippen molar-refractivity contribution in [2.24, 2.45) is 0 Å². The maximum Gasteiger partial charge on any atom is 0.164 e. The predicted octanol–water partition coefficient (Wildman–Crippen LogP) is 3.65. The number of phenols is 1. The van der Waals surface area contributed by atoms with E-state index in [1.54, 1.807) is 19.2 Å². The summed E-state index contributed by atoms with van der Waals surface area (Å²) in [6, 6.07) is 11.3. The first kappa shape index (κ1) is 13.6. The van der Waals surface area contributed by atoms with Crippen molar-refractivity contribution >= 4 is 0 Å². The van der Waals surface area contributed by atoms with Crippen LogP contribution in [0.1, 0.15) is 30.1 Å². The SMILES string of the molecule is COc1cc2c(cc1O)[C@@H](C)[C@H](c1ccccc1OC)O2. The minimum atomic E-state index is -0.136. The molecule has 2 aromatic carbocycles. The lowest BCUT2D eigenvalue weighted by Crippen LogP contribution is -2.08. The van der Waals surface area contributed by atoms with E-state index in [-0.39, 0.29) is 17.8 Å². The van der Waals surface area contributed by atoms with E-state index in [1.165, 1.54) is 7.11 Å². The Kier molecular flexibility index (Phi) is 3.37. The van der Waals surface area contributed by atoms with Gasteiger partial charge in [-0.2, -0.15) is 0 Å². The van der Waals surface area contributed by atoms with Crippen molar-refractivity contribution in [2.45, 2.75) is 18.9 Å².